The van der Waals surface area contributed by atoms with Gasteiger partial charge in [-0.25, -0.2) is 4.39 Å². The number of carbonyl (C=O) groups is 1. The van der Waals surface area contributed by atoms with Crippen LogP contribution in [0.25, 0.3) is 0 Å². The van der Waals surface area contributed by atoms with Crippen LogP contribution < -0.4 is 5.32 Å². The monoisotopic (exact) mass is 237 g/mol. The Morgan fingerprint density at radius 1 is 1.35 bits per heavy atom. The Hall–Kier alpha value is -1.42. The van der Waals surface area contributed by atoms with Crippen molar-refractivity contribution < 1.29 is 14.3 Å². The first-order chi connectivity index (χ1) is 8.16. The average molecular weight is 237 g/mol. The van der Waals surface area contributed by atoms with E-state index in [0.29, 0.717) is 12.0 Å². The number of nitrogens with one attached hydrogen (secondary N) is 1. The van der Waals surface area contributed by atoms with Gasteiger partial charge in [-0.05, 0) is 31.0 Å². The maximum Gasteiger partial charge on any atom is 0.251 e. The van der Waals surface area contributed by atoms with Crippen molar-refractivity contribution >= 4 is 5.91 Å². The standard InChI is InChI=1S/C13H16FNO2/c14-10-5-3-4-9(8-10)13(17)15-11-6-1-2-7-12(11)16/h3-5,8,11-12,16H,1-2,6-7H2,(H,15,17). The zero-order chi connectivity index (χ0) is 12.3. The highest BCUT2D eigenvalue weighted by molar-refractivity contribution is 5.94. The van der Waals surface area contributed by atoms with Gasteiger partial charge >= 0.3 is 0 Å². The fourth-order valence-electron chi connectivity index (χ4n) is 2.16. The van der Waals surface area contributed by atoms with Gasteiger partial charge in [0.05, 0.1) is 12.1 Å². The van der Waals surface area contributed by atoms with Gasteiger partial charge in [-0.1, -0.05) is 18.9 Å². The Bertz CT molecular complexity index is 408. The predicted octanol–water partition coefficient (Wildman–Crippen LogP) is 1.86. The van der Waals surface area contributed by atoms with E-state index >= 15 is 0 Å². The van der Waals surface area contributed by atoms with Crippen LogP contribution in [0.2, 0.25) is 0 Å². The normalized spacial score (nSPS) is 24.4. The summed E-state index contributed by atoms with van der Waals surface area (Å²) in [7, 11) is 0. The van der Waals surface area contributed by atoms with Gasteiger partial charge in [0.25, 0.3) is 5.91 Å². The van der Waals surface area contributed by atoms with Crippen molar-refractivity contribution in [2.75, 3.05) is 0 Å². The summed E-state index contributed by atoms with van der Waals surface area (Å²) in [6.45, 7) is 0. The summed E-state index contributed by atoms with van der Waals surface area (Å²) >= 11 is 0. The lowest BCUT2D eigenvalue weighted by atomic mass is 9.92. The molecule has 0 bridgehead atoms. The van der Waals surface area contributed by atoms with Crippen molar-refractivity contribution in [3.63, 3.8) is 0 Å². The lowest BCUT2D eigenvalue weighted by Gasteiger charge is -2.28. The van der Waals surface area contributed by atoms with Crippen LogP contribution in [0.5, 0.6) is 0 Å². The SMILES string of the molecule is O=C(NC1CCCCC1O)c1cccc(F)c1. The van der Waals surface area contributed by atoms with Gasteiger partial charge in [0.2, 0.25) is 0 Å². The fraction of sp³-hybridized carbons (Fsp3) is 0.462. The molecule has 1 aromatic rings. The number of hydrogen-bond donors (Lipinski definition) is 2. The summed E-state index contributed by atoms with van der Waals surface area (Å²) in [5.74, 6) is -0.753. The maximum absolute atomic E-state index is 13.0. The van der Waals surface area contributed by atoms with E-state index in [-0.39, 0.29) is 11.9 Å². The predicted molar refractivity (Wildman–Crippen MR) is 62.1 cm³/mol. The van der Waals surface area contributed by atoms with Crippen LogP contribution in [0.4, 0.5) is 4.39 Å². The second-order valence-electron chi connectivity index (χ2n) is 4.44. The molecule has 4 heteroatoms. The molecule has 2 N–H and O–H groups in total. The van der Waals surface area contributed by atoms with Crippen LogP contribution in [0.3, 0.4) is 0 Å². The average Bonchev–Trinajstić information content (AvgIpc) is 2.32. The van der Waals surface area contributed by atoms with Crippen LogP contribution in [-0.4, -0.2) is 23.2 Å². The molecule has 1 fully saturated rings. The summed E-state index contributed by atoms with van der Waals surface area (Å²) in [4.78, 5) is 11.8. The minimum atomic E-state index is -0.485. The zero-order valence-electron chi connectivity index (χ0n) is 9.53. The van der Waals surface area contributed by atoms with Crippen LogP contribution in [-0.2, 0) is 0 Å². The summed E-state index contributed by atoms with van der Waals surface area (Å²) in [5.41, 5.74) is 0.294. The largest absolute Gasteiger partial charge is 0.391 e. The second-order valence-corrected chi connectivity index (χ2v) is 4.44. The van der Waals surface area contributed by atoms with Gasteiger partial charge in [0.1, 0.15) is 5.82 Å². The van der Waals surface area contributed by atoms with Crippen LogP contribution in [0.15, 0.2) is 24.3 Å². The minimum Gasteiger partial charge on any atom is -0.391 e. The summed E-state index contributed by atoms with van der Waals surface area (Å²) in [5, 5.41) is 12.5. The van der Waals surface area contributed by atoms with E-state index in [1.165, 1.54) is 18.2 Å². The van der Waals surface area contributed by atoms with Gasteiger partial charge in [0.15, 0.2) is 0 Å². The number of carbonyl (C=O) groups excluding carboxylic acids is 1. The molecule has 0 saturated heterocycles. The summed E-state index contributed by atoms with van der Waals surface area (Å²) in [6, 6.07) is 5.35. The molecule has 0 heterocycles. The number of amides is 1. The number of aliphatic hydroxyl groups excluding tert-OH is 1. The van der Waals surface area contributed by atoms with E-state index in [1.807, 2.05) is 0 Å². The molecule has 1 aliphatic carbocycles. The molecule has 2 atom stereocenters. The molecule has 3 nitrogen and oxygen atoms in total. The van der Waals surface area contributed by atoms with Crippen molar-refractivity contribution in [2.24, 2.45) is 0 Å². The molecule has 1 aliphatic rings. The molecule has 0 aliphatic heterocycles. The summed E-state index contributed by atoms with van der Waals surface area (Å²) < 4.78 is 13.0. The molecule has 2 unspecified atom stereocenters. The third-order valence-corrected chi connectivity index (χ3v) is 3.13. The number of halogens is 1. The van der Waals surface area contributed by atoms with Crippen molar-refractivity contribution in [1.29, 1.82) is 0 Å². The van der Waals surface area contributed by atoms with Crippen molar-refractivity contribution in [3.05, 3.63) is 35.6 Å². The molecule has 1 aromatic carbocycles. The highest BCUT2D eigenvalue weighted by Crippen LogP contribution is 2.18. The van der Waals surface area contributed by atoms with E-state index in [9.17, 15) is 14.3 Å². The van der Waals surface area contributed by atoms with Gasteiger partial charge in [0, 0.05) is 5.56 Å². The van der Waals surface area contributed by atoms with Gasteiger partial charge < -0.3 is 10.4 Å². The molecule has 0 spiro atoms. The lowest BCUT2D eigenvalue weighted by Crippen LogP contribution is -2.45. The van der Waals surface area contributed by atoms with E-state index < -0.39 is 11.9 Å². The third kappa shape index (κ3) is 3.03. The molecule has 92 valence electrons. The van der Waals surface area contributed by atoms with E-state index in [4.69, 9.17) is 0 Å². The van der Waals surface area contributed by atoms with Crippen LogP contribution >= 0.6 is 0 Å². The van der Waals surface area contributed by atoms with Crippen LogP contribution in [0, 0.1) is 5.82 Å². The number of hydrogen-bond acceptors (Lipinski definition) is 2. The molecule has 2 rings (SSSR count). The molecular formula is C13H16FNO2. The molecule has 1 saturated carbocycles. The van der Waals surface area contributed by atoms with Gasteiger partial charge in [-0.3, -0.25) is 4.79 Å². The maximum atomic E-state index is 13.0. The van der Waals surface area contributed by atoms with Gasteiger partial charge in [-0.15, -0.1) is 0 Å². The molecular weight excluding hydrogens is 221 g/mol. The zero-order valence-corrected chi connectivity index (χ0v) is 9.53. The Morgan fingerprint density at radius 2 is 2.12 bits per heavy atom. The Morgan fingerprint density at radius 3 is 2.82 bits per heavy atom. The lowest BCUT2D eigenvalue weighted by molar-refractivity contribution is 0.0717. The second kappa shape index (κ2) is 5.27. The fourth-order valence-corrected chi connectivity index (χ4v) is 2.16. The first kappa shape index (κ1) is 12.0. The molecule has 0 aromatic heterocycles. The summed E-state index contributed by atoms with van der Waals surface area (Å²) in [6.07, 6.45) is 3.01. The third-order valence-electron chi connectivity index (χ3n) is 3.13. The first-order valence-electron chi connectivity index (χ1n) is 5.91. The number of rotatable bonds is 2. The topological polar surface area (TPSA) is 49.3 Å². The van der Waals surface area contributed by atoms with Crippen LogP contribution in [0.1, 0.15) is 36.0 Å². The Labute approximate surface area is 99.7 Å². The highest BCUT2D eigenvalue weighted by Gasteiger charge is 2.24. The Balaban J connectivity index is 2.01. The van der Waals surface area contributed by atoms with Crippen molar-refractivity contribution in [2.45, 2.75) is 37.8 Å². The quantitative estimate of drug-likeness (QED) is 0.824. The van der Waals surface area contributed by atoms with Crippen molar-refractivity contribution in [1.82, 2.24) is 5.32 Å². The first-order valence-corrected chi connectivity index (χ1v) is 5.91. The number of benzene rings is 1. The molecule has 0 radical (unpaired) electrons. The molecule has 17 heavy (non-hydrogen) atoms. The number of aliphatic hydroxyl groups is 1. The van der Waals surface area contributed by atoms with E-state index in [0.717, 1.165) is 19.3 Å². The Kier molecular flexibility index (Phi) is 3.74. The van der Waals surface area contributed by atoms with E-state index in [2.05, 4.69) is 5.32 Å². The molecule has 1 amide bonds. The highest BCUT2D eigenvalue weighted by atomic mass is 19.1. The smallest absolute Gasteiger partial charge is 0.251 e. The van der Waals surface area contributed by atoms with Crippen molar-refractivity contribution in [3.8, 4) is 0 Å². The minimum absolute atomic E-state index is 0.209. The van der Waals surface area contributed by atoms with E-state index in [1.54, 1.807) is 6.07 Å². The van der Waals surface area contributed by atoms with Gasteiger partial charge in [-0.2, -0.15) is 0 Å².